The number of benzene rings is 1. The first-order valence-corrected chi connectivity index (χ1v) is 7.23. The Morgan fingerprint density at radius 2 is 2.11 bits per heavy atom. The lowest BCUT2D eigenvalue weighted by Gasteiger charge is -2.28. The van der Waals surface area contributed by atoms with Gasteiger partial charge in [0.2, 0.25) is 5.91 Å². The molecule has 0 bridgehead atoms. The van der Waals surface area contributed by atoms with Crippen molar-refractivity contribution in [1.29, 1.82) is 0 Å². The van der Waals surface area contributed by atoms with Crippen LogP contribution in [0, 0.1) is 0 Å². The molecule has 3 nitrogen and oxygen atoms in total. The smallest absolute Gasteiger partial charge is 0.224 e. The average Bonchev–Trinajstić information content (AvgIpc) is 2.89. The van der Waals surface area contributed by atoms with Gasteiger partial charge >= 0.3 is 0 Å². The van der Waals surface area contributed by atoms with Crippen molar-refractivity contribution in [2.75, 3.05) is 6.54 Å². The van der Waals surface area contributed by atoms with E-state index in [4.69, 9.17) is 0 Å². The van der Waals surface area contributed by atoms with Gasteiger partial charge in [0.25, 0.3) is 0 Å². The molecule has 0 aliphatic carbocycles. The van der Waals surface area contributed by atoms with Gasteiger partial charge < -0.3 is 10.2 Å². The maximum atomic E-state index is 12.4. The van der Waals surface area contributed by atoms with Crippen LogP contribution in [0.2, 0.25) is 0 Å². The number of nitrogens with zero attached hydrogens (tertiary/aromatic N) is 1. The molecule has 19 heavy (non-hydrogen) atoms. The van der Waals surface area contributed by atoms with Crippen LogP contribution < -0.4 is 5.32 Å². The molecule has 0 saturated carbocycles. The third-order valence-electron chi connectivity index (χ3n) is 3.72. The maximum absolute atomic E-state index is 12.4. The van der Waals surface area contributed by atoms with Gasteiger partial charge in [-0.25, -0.2) is 0 Å². The summed E-state index contributed by atoms with van der Waals surface area (Å²) in [5.74, 6) is 0.262. The lowest BCUT2D eigenvalue weighted by atomic mass is 10.1. The second-order valence-corrected chi connectivity index (χ2v) is 5.60. The topological polar surface area (TPSA) is 32.3 Å². The number of nitrogens with one attached hydrogen (secondary N) is 1. The molecule has 1 atom stereocenters. The van der Waals surface area contributed by atoms with Crippen molar-refractivity contribution >= 4 is 5.91 Å². The molecule has 1 saturated heterocycles. The Labute approximate surface area is 116 Å². The molecular weight excluding hydrogens is 236 g/mol. The van der Waals surface area contributed by atoms with E-state index in [1.807, 2.05) is 23.1 Å². The summed E-state index contributed by atoms with van der Waals surface area (Å²) in [6.45, 7) is 5.94. The predicted molar refractivity (Wildman–Crippen MR) is 77.8 cm³/mol. The molecule has 1 unspecified atom stereocenters. The van der Waals surface area contributed by atoms with Crippen molar-refractivity contribution in [2.45, 2.75) is 51.7 Å². The van der Waals surface area contributed by atoms with Gasteiger partial charge in [-0.3, -0.25) is 4.79 Å². The van der Waals surface area contributed by atoms with Crippen LogP contribution in [0.1, 0.15) is 38.7 Å². The lowest BCUT2D eigenvalue weighted by molar-refractivity contribution is -0.134. The first-order valence-electron chi connectivity index (χ1n) is 7.23. The van der Waals surface area contributed by atoms with E-state index in [0.29, 0.717) is 19.0 Å². The number of hydrogen-bond donors (Lipinski definition) is 1. The minimum absolute atomic E-state index is 0.245. The minimum atomic E-state index is 0.245. The van der Waals surface area contributed by atoms with Gasteiger partial charge in [0.05, 0.1) is 0 Å². The second-order valence-electron chi connectivity index (χ2n) is 5.60. The van der Waals surface area contributed by atoms with Gasteiger partial charge in [0, 0.05) is 25.0 Å². The van der Waals surface area contributed by atoms with Gasteiger partial charge in [-0.1, -0.05) is 30.3 Å². The standard InChI is InChI=1S/C16H24N2O/c1-13(2)18(12-14-7-4-3-5-8-14)16(19)11-15-9-6-10-17-15/h3-5,7-8,13,15,17H,6,9-12H2,1-2H3. The Balaban J connectivity index is 1.96. The number of rotatable bonds is 5. The summed E-state index contributed by atoms with van der Waals surface area (Å²) in [4.78, 5) is 14.4. The Kier molecular flexibility index (Phi) is 4.97. The summed E-state index contributed by atoms with van der Waals surface area (Å²) in [6.07, 6.45) is 2.95. The molecule has 1 fully saturated rings. The number of hydrogen-bond acceptors (Lipinski definition) is 2. The van der Waals surface area contributed by atoms with Crippen LogP contribution in [0.4, 0.5) is 0 Å². The summed E-state index contributed by atoms with van der Waals surface area (Å²) in [6, 6.07) is 10.8. The molecule has 1 aliphatic heterocycles. The largest absolute Gasteiger partial charge is 0.336 e. The molecule has 1 N–H and O–H groups in total. The Hall–Kier alpha value is -1.35. The molecule has 3 heteroatoms. The van der Waals surface area contributed by atoms with E-state index in [1.54, 1.807) is 0 Å². The Morgan fingerprint density at radius 1 is 1.37 bits per heavy atom. The third-order valence-corrected chi connectivity index (χ3v) is 3.72. The van der Waals surface area contributed by atoms with Crippen molar-refractivity contribution in [3.05, 3.63) is 35.9 Å². The first kappa shape index (κ1) is 14.1. The van der Waals surface area contributed by atoms with Crippen LogP contribution >= 0.6 is 0 Å². The van der Waals surface area contributed by atoms with Crippen molar-refractivity contribution in [3.8, 4) is 0 Å². The van der Waals surface area contributed by atoms with Crippen LogP contribution in [0.15, 0.2) is 30.3 Å². The normalized spacial score (nSPS) is 18.8. The van der Waals surface area contributed by atoms with E-state index < -0.39 is 0 Å². The highest BCUT2D eigenvalue weighted by molar-refractivity contribution is 5.77. The van der Waals surface area contributed by atoms with E-state index in [0.717, 1.165) is 13.0 Å². The van der Waals surface area contributed by atoms with Gasteiger partial charge in [-0.15, -0.1) is 0 Å². The molecule has 104 valence electrons. The molecule has 1 aromatic carbocycles. The van der Waals surface area contributed by atoms with Gasteiger partial charge in [0.1, 0.15) is 0 Å². The summed E-state index contributed by atoms with van der Waals surface area (Å²) in [7, 11) is 0. The zero-order chi connectivity index (χ0) is 13.7. The van der Waals surface area contributed by atoms with Crippen molar-refractivity contribution in [3.63, 3.8) is 0 Å². The van der Waals surface area contributed by atoms with Crippen LogP contribution in [-0.4, -0.2) is 29.4 Å². The van der Waals surface area contributed by atoms with E-state index in [9.17, 15) is 4.79 Å². The van der Waals surface area contributed by atoms with Crippen LogP contribution in [0.3, 0.4) is 0 Å². The molecular formula is C16H24N2O. The summed E-state index contributed by atoms with van der Waals surface area (Å²) >= 11 is 0. The second kappa shape index (κ2) is 6.71. The fraction of sp³-hybridized carbons (Fsp3) is 0.562. The highest BCUT2D eigenvalue weighted by atomic mass is 16.2. The van der Waals surface area contributed by atoms with Gasteiger partial charge in [-0.2, -0.15) is 0 Å². The monoisotopic (exact) mass is 260 g/mol. The fourth-order valence-corrected chi connectivity index (χ4v) is 2.60. The van der Waals surface area contributed by atoms with Crippen LogP contribution in [-0.2, 0) is 11.3 Å². The third kappa shape index (κ3) is 4.06. The molecule has 1 aromatic rings. The van der Waals surface area contributed by atoms with E-state index in [2.05, 4.69) is 31.3 Å². The Morgan fingerprint density at radius 3 is 2.68 bits per heavy atom. The predicted octanol–water partition coefficient (Wildman–Crippen LogP) is 2.57. The van der Waals surface area contributed by atoms with Crippen molar-refractivity contribution < 1.29 is 4.79 Å². The average molecular weight is 260 g/mol. The minimum Gasteiger partial charge on any atom is -0.336 e. The molecule has 0 spiro atoms. The maximum Gasteiger partial charge on any atom is 0.224 e. The van der Waals surface area contributed by atoms with E-state index in [-0.39, 0.29) is 11.9 Å². The van der Waals surface area contributed by atoms with Gasteiger partial charge in [0.15, 0.2) is 0 Å². The molecule has 2 rings (SSSR count). The zero-order valence-electron chi connectivity index (χ0n) is 11.9. The van der Waals surface area contributed by atoms with Crippen LogP contribution in [0.25, 0.3) is 0 Å². The Bertz CT molecular complexity index is 396. The number of carbonyl (C=O) groups is 1. The fourth-order valence-electron chi connectivity index (χ4n) is 2.60. The van der Waals surface area contributed by atoms with Crippen molar-refractivity contribution in [2.24, 2.45) is 0 Å². The lowest BCUT2D eigenvalue weighted by Crippen LogP contribution is -2.39. The number of amides is 1. The molecule has 1 heterocycles. The highest BCUT2D eigenvalue weighted by Gasteiger charge is 2.23. The molecule has 1 amide bonds. The van der Waals surface area contributed by atoms with E-state index >= 15 is 0 Å². The highest BCUT2D eigenvalue weighted by Crippen LogP contribution is 2.14. The van der Waals surface area contributed by atoms with Crippen LogP contribution in [0.5, 0.6) is 0 Å². The number of carbonyl (C=O) groups excluding carboxylic acids is 1. The summed E-state index contributed by atoms with van der Waals surface area (Å²) < 4.78 is 0. The van der Waals surface area contributed by atoms with Gasteiger partial charge in [-0.05, 0) is 38.8 Å². The quantitative estimate of drug-likeness (QED) is 0.882. The summed E-state index contributed by atoms with van der Waals surface area (Å²) in [5, 5.41) is 3.40. The SMILES string of the molecule is CC(C)N(Cc1ccccc1)C(=O)CC1CCCN1. The molecule has 1 aliphatic rings. The summed E-state index contributed by atoms with van der Waals surface area (Å²) in [5.41, 5.74) is 1.20. The molecule has 0 aromatic heterocycles. The van der Waals surface area contributed by atoms with Crippen molar-refractivity contribution in [1.82, 2.24) is 10.2 Å². The molecule has 0 radical (unpaired) electrons. The van der Waals surface area contributed by atoms with E-state index in [1.165, 1.54) is 12.0 Å². The zero-order valence-corrected chi connectivity index (χ0v) is 11.9. The first-order chi connectivity index (χ1) is 9.16.